The lowest BCUT2D eigenvalue weighted by molar-refractivity contribution is 0.110. The quantitative estimate of drug-likeness (QED) is 0.669. The van der Waals surface area contributed by atoms with Crippen molar-refractivity contribution in [2.24, 2.45) is 0 Å². The highest BCUT2D eigenvalue weighted by atomic mass is 16.5. The Kier molecular flexibility index (Phi) is 7.60. The first-order valence-electron chi connectivity index (χ1n) is 6.56. The lowest BCUT2D eigenvalue weighted by atomic mass is 10.1. The summed E-state index contributed by atoms with van der Waals surface area (Å²) >= 11 is 0. The molecule has 0 aromatic carbocycles. The van der Waals surface area contributed by atoms with Crippen LogP contribution in [-0.2, 0) is 11.2 Å². The fourth-order valence-electron chi connectivity index (χ4n) is 1.79. The van der Waals surface area contributed by atoms with Crippen molar-refractivity contribution >= 4 is 0 Å². The van der Waals surface area contributed by atoms with Gasteiger partial charge in [0.2, 0.25) is 0 Å². The van der Waals surface area contributed by atoms with Crippen molar-refractivity contribution in [3.8, 4) is 0 Å². The van der Waals surface area contributed by atoms with Crippen molar-refractivity contribution in [2.75, 3.05) is 19.8 Å². The lowest BCUT2D eigenvalue weighted by Gasteiger charge is -2.17. The molecule has 0 fully saturated rings. The summed E-state index contributed by atoms with van der Waals surface area (Å²) in [6.07, 6.45) is 6.98. The molecule has 1 N–H and O–H groups in total. The number of nitrogens with one attached hydrogen (secondary N) is 1. The standard InChI is InChI=1S/C14H24N2O/c1-3-11-17-12-14(16-4-2)6-5-13-7-9-15-10-8-13/h7-10,14,16H,3-6,11-12H2,1-2H3. The van der Waals surface area contributed by atoms with Gasteiger partial charge in [-0.05, 0) is 43.5 Å². The van der Waals surface area contributed by atoms with Crippen LogP contribution in [0, 0.1) is 0 Å². The Hall–Kier alpha value is -0.930. The second-order valence-corrected chi connectivity index (χ2v) is 4.22. The van der Waals surface area contributed by atoms with E-state index in [0.717, 1.165) is 39.0 Å². The number of ether oxygens (including phenoxy) is 1. The number of likely N-dealkylation sites (N-methyl/N-ethyl adjacent to an activating group) is 1. The van der Waals surface area contributed by atoms with Crippen LogP contribution in [0.2, 0.25) is 0 Å². The molecule has 96 valence electrons. The normalized spacial score (nSPS) is 12.6. The molecule has 0 spiro atoms. The monoisotopic (exact) mass is 236 g/mol. The van der Waals surface area contributed by atoms with Gasteiger partial charge in [-0.15, -0.1) is 0 Å². The van der Waals surface area contributed by atoms with Crippen LogP contribution in [0.1, 0.15) is 32.3 Å². The summed E-state index contributed by atoms with van der Waals surface area (Å²) in [4.78, 5) is 4.03. The van der Waals surface area contributed by atoms with Gasteiger partial charge in [0.1, 0.15) is 0 Å². The van der Waals surface area contributed by atoms with Gasteiger partial charge in [0, 0.05) is 25.0 Å². The molecule has 1 aromatic heterocycles. The van der Waals surface area contributed by atoms with E-state index in [9.17, 15) is 0 Å². The SMILES string of the molecule is CCCOCC(CCc1ccncc1)NCC. The van der Waals surface area contributed by atoms with Crippen LogP contribution < -0.4 is 5.32 Å². The molecule has 17 heavy (non-hydrogen) atoms. The van der Waals surface area contributed by atoms with E-state index in [0.29, 0.717) is 6.04 Å². The first-order valence-corrected chi connectivity index (χ1v) is 6.56. The zero-order chi connectivity index (χ0) is 12.3. The molecular weight excluding hydrogens is 212 g/mol. The highest BCUT2D eigenvalue weighted by Crippen LogP contribution is 2.04. The molecule has 3 nitrogen and oxygen atoms in total. The van der Waals surface area contributed by atoms with Crippen molar-refractivity contribution < 1.29 is 4.74 Å². The third-order valence-electron chi connectivity index (χ3n) is 2.69. The zero-order valence-corrected chi connectivity index (χ0v) is 11.0. The number of hydrogen-bond acceptors (Lipinski definition) is 3. The predicted octanol–water partition coefficient (Wildman–Crippen LogP) is 2.42. The van der Waals surface area contributed by atoms with Crippen molar-refractivity contribution in [2.45, 2.75) is 39.2 Å². The van der Waals surface area contributed by atoms with Gasteiger partial charge in [0.15, 0.2) is 0 Å². The summed E-state index contributed by atoms with van der Waals surface area (Å²) in [7, 11) is 0. The van der Waals surface area contributed by atoms with Gasteiger partial charge in [-0.25, -0.2) is 0 Å². The molecule has 0 aliphatic rings. The van der Waals surface area contributed by atoms with Gasteiger partial charge in [-0.1, -0.05) is 13.8 Å². The second-order valence-electron chi connectivity index (χ2n) is 4.22. The molecule has 3 heteroatoms. The summed E-state index contributed by atoms with van der Waals surface area (Å²) in [5, 5.41) is 3.47. The molecular formula is C14H24N2O. The maximum Gasteiger partial charge on any atom is 0.0619 e. The maximum absolute atomic E-state index is 5.61. The molecule has 0 bridgehead atoms. The smallest absolute Gasteiger partial charge is 0.0619 e. The first kappa shape index (κ1) is 14.1. The van der Waals surface area contributed by atoms with E-state index in [2.05, 4.69) is 36.3 Å². The minimum Gasteiger partial charge on any atom is -0.380 e. The Morgan fingerprint density at radius 3 is 2.71 bits per heavy atom. The van der Waals surface area contributed by atoms with Crippen LogP contribution >= 0.6 is 0 Å². The minimum atomic E-state index is 0.458. The fourth-order valence-corrected chi connectivity index (χ4v) is 1.79. The van der Waals surface area contributed by atoms with Gasteiger partial charge in [-0.2, -0.15) is 0 Å². The topological polar surface area (TPSA) is 34.1 Å². The Labute approximate surface area is 105 Å². The minimum absolute atomic E-state index is 0.458. The molecule has 0 radical (unpaired) electrons. The van der Waals surface area contributed by atoms with Crippen LogP contribution in [-0.4, -0.2) is 30.8 Å². The van der Waals surface area contributed by atoms with Gasteiger partial charge < -0.3 is 10.1 Å². The van der Waals surface area contributed by atoms with E-state index in [-0.39, 0.29) is 0 Å². The number of aryl methyl sites for hydroxylation is 1. The Morgan fingerprint density at radius 2 is 2.06 bits per heavy atom. The summed E-state index contributed by atoms with van der Waals surface area (Å²) < 4.78 is 5.61. The number of pyridine rings is 1. The maximum atomic E-state index is 5.61. The Morgan fingerprint density at radius 1 is 1.29 bits per heavy atom. The molecule has 0 saturated carbocycles. The largest absolute Gasteiger partial charge is 0.380 e. The Bertz CT molecular complexity index is 277. The Balaban J connectivity index is 2.28. The van der Waals surface area contributed by atoms with Gasteiger partial charge in [-0.3, -0.25) is 4.98 Å². The van der Waals surface area contributed by atoms with Crippen molar-refractivity contribution in [1.29, 1.82) is 0 Å². The second kappa shape index (κ2) is 9.14. The van der Waals surface area contributed by atoms with Gasteiger partial charge >= 0.3 is 0 Å². The number of hydrogen-bond donors (Lipinski definition) is 1. The number of rotatable bonds is 9. The molecule has 0 aliphatic heterocycles. The van der Waals surface area contributed by atoms with Crippen molar-refractivity contribution in [3.63, 3.8) is 0 Å². The third kappa shape index (κ3) is 6.39. The molecule has 0 saturated heterocycles. The highest BCUT2D eigenvalue weighted by Gasteiger charge is 2.07. The van der Waals surface area contributed by atoms with E-state index < -0.39 is 0 Å². The summed E-state index contributed by atoms with van der Waals surface area (Å²) in [6.45, 7) is 6.94. The summed E-state index contributed by atoms with van der Waals surface area (Å²) in [5.41, 5.74) is 1.35. The molecule has 0 amide bonds. The van der Waals surface area contributed by atoms with Crippen LogP contribution in [0.3, 0.4) is 0 Å². The van der Waals surface area contributed by atoms with Crippen LogP contribution in [0.5, 0.6) is 0 Å². The van der Waals surface area contributed by atoms with Crippen LogP contribution in [0.4, 0.5) is 0 Å². The highest BCUT2D eigenvalue weighted by molar-refractivity contribution is 5.09. The van der Waals surface area contributed by atoms with Gasteiger partial charge in [0.25, 0.3) is 0 Å². The number of aromatic nitrogens is 1. The zero-order valence-electron chi connectivity index (χ0n) is 11.0. The van der Waals surface area contributed by atoms with Crippen molar-refractivity contribution in [3.05, 3.63) is 30.1 Å². The van der Waals surface area contributed by atoms with E-state index in [4.69, 9.17) is 4.74 Å². The van der Waals surface area contributed by atoms with E-state index in [1.54, 1.807) is 0 Å². The predicted molar refractivity (Wildman–Crippen MR) is 71.1 cm³/mol. The first-order chi connectivity index (χ1) is 8.36. The average molecular weight is 236 g/mol. The lowest BCUT2D eigenvalue weighted by Crippen LogP contribution is -2.34. The van der Waals surface area contributed by atoms with E-state index in [1.807, 2.05) is 12.4 Å². The van der Waals surface area contributed by atoms with E-state index >= 15 is 0 Å². The molecule has 1 heterocycles. The van der Waals surface area contributed by atoms with Crippen molar-refractivity contribution in [1.82, 2.24) is 10.3 Å². The summed E-state index contributed by atoms with van der Waals surface area (Å²) in [5.74, 6) is 0. The van der Waals surface area contributed by atoms with Crippen LogP contribution in [0.25, 0.3) is 0 Å². The molecule has 1 unspecified atom stereocenters. The fraction of sp³-hybridized carbons (Fsp3) is 0.643. The van der Waals surface area contributed by atoms with E-state index in [1.165, 1.54) is 5.56 Å². The molecule has 1 atom stereocenters. The third-order valence-corrected chi connectivity index (χ3v) is 2.69. The summed E-state index contributed by atoms with van der Waals surface area (Å²) in [6, 6.07) is 4.62. The van der Waals surface area contributed by atoms with Crippen LogP contribution in [0.15, 0.2) is 24.5 Å². The average Bonchev–Trinajstić information content (AvgIpc) is 2.37. The molecule has 1 aromatic rings. The molecule has 0 aliphatic carbocycles. The number of nitrogens with zero attached hydrogens (tertiary/aromatic N) is 1. The molecule has 1 rings (SSSR count). The van der Waals surface area contributed by atoms with Gasteiger partial charge in [0.05, 0.1) is 6.61 Å².